The normalized spacial score (nSPS) is 23.6. The Hall–Kier alpha value is -1.47. The Kier molecular flexibility index (Phi) is 4.54. The summed E-state index contributed by atoms with van der Waals surface area (Å²) in [4.78, 5) is 6.95. The summed E-state index contributed by atoms with van der Waals surface area (Å²) in [6, 6.07) is 5.40. The molecule has 2 fully saturated rings. The van der Waals surface area contributed by atoms with Crippen LogP contribution in [0.1, 0.15) is 24.8 Å². The first-order valence-corrected chi connectivity index (χ1v) is 9.31. The van der Waals surface area contributed by atoms with Gasteiger partial charge < -0.3 is 20.1 Å². The molecule has 130 valence electrons. The molecule has 0 amide bonds. The minimum atomic E-state index is 0.285. The number of aliphatic imine (C=N–C) groups is 1. The van der Waals surface area contributed by atoms with Crippen molar-refractivity contribution in [2.45, 2.75) is 37.9 Å². The van der Waals surface area contributed by atoms with Gasteiger partial charge in [0.05, 0.1) is 4.47 Å². The number of nitrogens with one attached hydrogen (secondary N) is 2. The van der Waals surface area contributed by atoms with Gasteiger partial charge in [0.25, 0.3) is 0 Å². The number of guanidine groups is 1. The molecule has 0 spiro atoms. The molecule has 1 unspecified atom stereocenters. The Morgan fingerprint density at radius 3 is 3.00 bits per heavy atom. The van der Waals surface area contributed by atoms with E-state index in [2.05, 4.69) is 42.5 Å². The van der Waals surface area contributed by atoms with Gasteiger partial charge in [-0.05, 0) is 52.9 Å². The molecule has 24 heavy (non-hydrogen) atoms. The summed E-state index contributed by atoms with van der Waals surface area (Å²) in [6.45, 7) is 3.30. The van der Waals surface area contributed by atoms with E-state index in [0.29, 0.717) is 12.6 Å². The Morgan fingerprint density at radius 1 is 1.33 bits per heavy atom. The average Bonchev–Trinajstić information content (AvgIpc) is 3.13. The number of rotatable bonds is 4. The summed E-state index contributed by atoms with van der Waals surface area (Å²) < 4.78 is 11.8. The molecule has 2 N–H and O–H groups in total. The van der Waals surface area contributed by atoms with Crippen molar-refractivity contribution in [2.75, 3.05) is 26.9 Å². The molecule has 2 heterocycles. The first-order valence-electron chi connectivity index (χ1n) is 8.52. The predicted octanol–water partition coefficient (Wildman–Crippen LogP) is 2.08. The highest BCUT2D eigenvalue weighted by atomic mass is 79.9. The van der Waals surface area contributed by atoms with Crippen LogP contribution in [0, 0.1) is 0 Å². The molecule has 1 saturated heterocycles. The van der Waals surface area contributed by atoms with Crippen molar-refractivity contribution in [2.24, 2.45) is 4.99 Å². The fraction of sp³-hybridized carbons (Fsp3) is 0.588. The molecule has 0 bridgehead atoms. The lowest BCUT2D eigenvalue weighted by Crippen LogP contribution is -2.44. The highest BCUT2D eigenvalue weighted by molar-refractivity contribution is 9.10. The molecular weight excluding hydrogens is 372 g/mol. The van der Waals surface area contributed by atoms with Gasteiger partial charge in [0.1, 0.15) is 0 Å². The van der Waals surface area contributed by atoms with Crippen molar-refractivity contribution in [3.8, 4) is 11.5 Å². The van der Waals surface area contributed by atoms with Crippen LogP contribution in [-0.4, -0.2) is 49.9 Å². The van der Waals surface area contributed by atoms with Crippen LogP contribution in [0.4, 0.5) is 0 Å². The lowest BCUT2D eigenvalue weighted by atomic mass is 10.2. The molecule has 0 radical (unpaired) electrons. The second-order valence-electron chi connectivity index (χ2n) is 6.59. The maximum Gasteiger partial charge on any atom is 0.231 e. The zero-order chi connectivity index (χ0) is 16.5. The second-order valence-corrected chi connectivity index (χ2v) is 7.45. The number of hydrogen-bond acceptors (Lipinski definition) is 4. The molecule has 7 heteroatoms. The fourth-order valence-corrected chi connectivity index (χ4v) is 3.98. The zero-order valence-corrected chi connectivity index (χ0v) is 15.4. The van der Waals surface area contributed by atoms with Crippen LogP contribution in [0.25, 0.3) is 0 Å². The molecule has 1 aromatic rings. The van der Waals surface area contributed by atoms with Gasteiger partial charge in [-0.2, -0.15) is 0 Å². The van der Waals surface area contributed by atoms with E-state index >= 15 is 0 Å². The van der Waals surface area contributed by atoms with Crippen molar-refractivity contribution in [3.05, 3.63) is 22.2 Å². The lowest BCUT2D eigenvalue weighted by molar-refractivity contribution is 0.173. The highest BCUT2D eigenvalue weighted by Crippen LogP contribution is 2.39. The van der Waals surface area contributed by atoms with Crippen LogP contribution in [0.3, 0.4) is 0 Å². The van der Waals surface area contributed by atoms with Gasteiger partial charge in [0, 0.05) is 38.8 Å². The topological polar surface area (TPSA) is 58.1 Å². The van der Waals surface area contributed by atoms with Crippen molar-refractivity contribution >= 4 is 21.9 Å². The highest BCUT2D eigenvalue weighted by Gasteiger charge is 2.34. The average molecular weight is 395 g/mol. The lowest BCUT2D eigenvalue weighted by Gasteiger charge is -2.18. The maximum atomic E-state index is 5.47. The van der Waals surface area contributed by atoms with Gasteiger partial charge in [-0.3, -0.25) is 9.89 Å². The summed E-state index contributed by atoms with van der Waals surface area (Å²) in [5, 5.41) is 6.94. The van der Waals surface area contributed by atoms with Crippen LogP contribution in [0.5, 0.6) is 11.5 Å². The van der Waals surface area contributed by atoms with Crippen LogP contribution in [0.2, 0.25) is 0 Å². The number of ether oxygens (including phenoxy) is 2. The van der Waals surface area contributed by atoms with Crippen molar-refractivity contribution < 1.29 is 9.47 Å². The van der Waals surface area contributed by atoms with E-state index in [1.807, 2.05) is 13.1 Å². The third-order valence-electron chi connectivity index (χ3n) is 4.79. The van der Waals surface area contributed by atoms with E-state index in [1.165, 1.54) is 25.8 Å². The largest absolute Gasteiger partial charge is 0.454 e. The molecule has 1 atom stereocenters. The van der Waals surface area contributed by atoms with Crippen LogP contribution < -0.4 is 20.1 Å². The van der Waals surface area contributed by atoms with E-state index in [1.54, 1.807) is 0 Å². The van der Waals surface area contributed by atoms with Crippen LogP contribution >= 0.6 is 15.9 Å². The number of benzene rings is 1. The Labute approximate surface area is 150 Å². The zero-order valence-electron chi connectivity index (χ0n) is 13.8. The van der Waals surface area contributed by atoms with Gasteiger partial charge in [0.15, 0.2) is 17.5 Å². The molecule has 3 aliphatic rings. The molecule has 6 nitrogen and oxygen atoms in total. The minimum Gasteiger partial charge on any atom is -0.454 e. The van der Waals surface area contributed by atoms with Crippen molar-refractivity contribution in [1.82, 2.24) is 15.5 Å². The van der Waals surface area contributed by atoms with Crippen molar-refractivity contribution in [3.63, 3.8) is 0 Å². The van der Waals surface area contributed by atoms with E-state index in [9.17, 15) is 0 Å². The monoisotopic (exact) mass is 394 g/mol. The van der Waals surface area contributed by atoms with E-state index in [-0.39, 0.29) is 6.79 Å². The second kappa shape index (κ2) is 6.80. The molecular formula is C17H23BrN4O2. The number of fused-ring (bicyclic) bond motifs is 1. The quantitative estimate of drug-likeness (QED) is 0.604. The summed E-state index contributed by atoms with van der Waals surface area (Å²) in [5.74, 6) is 2.43. The Balaban J connectivity index is 1.32. The van der Waals surface area contributed by atoms with E-state index in [4.69, 9.17) is 9.47 Å². The number of nitrogens with zero attached hydrogens (tertiary/aromatic N) is 2. The molecule has 1 saturated carbocycles. The maximum absolute atomic E-state index is 5.47. The summed E-state index contributed by atoms with van der Waals surface area (Å²) >= 11 is 3.54. The smallest absolute Gasteiger partial charge is 0.231 e. The summed E-state index contributed by atoms with van der Waals surface area (Å²) in [5.41, 5.74) is 1.13. The minimum absolute atomic E-state index is 0.285. The van der Waals surface area contributed by atoms with Gasteiger partial charge >= 0.3 is 0 Å². The van der Waals surface area contributed by atoms with Crippen LogP contribution in [0.15, 0.2) is 21.6 Å². The Morgan fingerprint density at radius 2 is 2.21 bits per heavy atom. The van der Waals surface area contributed by atoms with Gasteiger partial charge in [-0.25, -0.2) is 0 Å². The summed E-state index contributed by atoms with van der Waals surface area (Å²) in [7, 11) is 1.82. The van der Waals surface area contributed by atoms with Crippen LogP contribution in [-0.2, 0) is 6.54 Å². The first-order chi connectivity index (χ1) is 11.7. The molecule has 1 aliphatic carbocycles. The van der Waals surface area contributed by atoms with Gasteiger partial charge in [0.2, 0.25) is 6.79 Å². The predicted molar refractivity (Wildman–Crippen MR) is 96.6 cm³/mol. The van der Waals surface area contributed by atoms with E-state index in [0.717, 1.165) is 40.1 Å². The first kappa shape index (κ1) is 16.0. The standard InChI is InChI=1S/C17H23BrN4O2/c1-19-17(21-12-4-5-22(9-12)13-2-3-13)20-8-11-6-14(18)16-15(7-11)23-10-24-16/h6-7,12-13H,2-5,8-10H2,1H3,(H2,19,20,21). The van der Waals surface area contributed by atoms with Gasteiger partial charge in [-0.1, -0.05) is 0 Å². The summed E-state index contributed by atoms with van der Waals surface area (Å²) in [6.07, 6.45) is 3.93. The number of hydrogen-bond donors (Lipinski definition) is 2. The van der Waals surface area contributed by atoms with Crippen molar-refractivity contribution in [1.29, 1.82) is 0 Å². The fourth-order valence-electron chi connectivity index (χ4n) is 3.37. The molecule has 1 aromatic carbocycles. The van der Waals surface area contributed by atoms with E-state index < -0.39 is 0 Å². The third kappa shape index (κ3) is 3.47. The molecule has 0 aromatic heterocycles. The Bertz CT molecular complexity index is 648. The number of likely N-dealkylation sites (tertiary alicyclic amines) is 1. The number of halogens is 1. The molecule has 4 rings (SSSR count). The third-order valence-corrected chi connectivity index (χ3v) is 5.38. The van der Waals surface area contributed by atoms with Gasteiger partial charge in [-0.15, -0.1) is 0 Å². The SMILES string of the molecule is CN=C(NCc1cc(Br)c2c(c1)OCO2)NC1CCN(C2CC2)C1. The molecule has 2 aliphatic heterocycles.